The summed E-state index contributed by atoms with van der Waals surface area (Å²) in [4.78, 5) is 13.4. The van der Waals surface area contributed by atoms with Gasteiger partial charge in [0.2, 0.25) is 0 Å². The molecule has 1 saturated carbocycles. The van der Waals surface area contributed by atoms with Crippen LogP contribution in [0.15, 0.2) is 0 Å². The zero-order valence-corrected chi connectivity index (χ0v) is 10.6. The molecule has 0 saturated heterocycles. The van der Waals surface area contributed by atoms with Crippen molar-refractivity contribution in [3.63, 3.8) is 0 Å². The quantitative estimate of drug-likeness (QED) is 0.687. The van der Waals surface area contributed by atoms with E-state index in [0.29, 0.717) is 6.54 Å². The molecule has 0 spiro atoms. The summed E-state index contributed by atoms with van der Waals surface area (Å²) in [7, 11) is 1.71. The fourth-order valence-electron chi connectivity index (χ4n) is 2.05. The van der Waals surface area contributed by atoms with Crippen molar-refractivity contribution < 1.29 is 9.90 Å². The van der Waals surface area contributed by atoms with E-state index >= 15 is 0 Å². The molecule has 4 heteroatoms. The summed E-state index contributed by atoms with van der Waals surface area (Å²) in [5, 5.41) is 12.1. The summed E-state index contributed by atoms with van der Waals surface area (Å²) in [6.45, 7) is 6.38. The molecule has 1 rings (SSSR count). The molecular weight excluding hydrogens is 204 g/mol. The van der Waals surface area contributed by atoms with Crippen molar-refractivity contribution in [2.24, 2.45) is 5.92 Å². The standard InChI is InChI=1S/C12H24N2O2/c1-4-14(8-10-6-5-7-10)9-12(2,13-3)11(15)16/h10,13H,4-9H2,1-3H3,(H,15,16). The topological polar surface area (TPSA) is 52.6 Å². The second kappa shape index (κ2) is 5.64. The largest absolute Gasteiger partial charge is 0.480 e. The maximum absolute atomic E-state index is 11.2. The zero-order valence-electron chi connectivity index (χ0n) is 10.6. The highest BCUT2D eigenvalue weighted by atomic mass is 16.4. The third kappa shape index (κ3) is 3.19. The van der Waals surface area contributed by atoms with Crippen LogP contribution in [0, 0.1) is 5.92 Å². The number of likely N-dealkylation sites (N-methyl/N-ethyl adjacent to an activating group) is 2. The Morgan fingerprint density at radius 2 is 2.19 bits per heavy atom. The third-order valence-electron chi connectivity index (χ3n) is 3.75. The molecule has 0 aromatic rings. The highest BCUT2D eigenvalue weighted by Gasteiger charge is 2.34. The lowest BCUT2D eigenvalue weighted by atomic mass is 9.85. The first-order valence-electron chi connectivity index (χ1n) is 6.16. The first kappa shape index (κ1) is 13.5. The van der Waals surface area contributed by atoms with Crippen molar-refractivity contribution in [2.75, 3.05) is 26.7 Å². The first-order valence-corrected chi connectivity index (χ1v) is 6.16. The average Bonchev–Trinajstić information content (AvgIpc) is 2.20. The lowest BCUT2D eigenvalue weighted by molar-refractivity contribution is -0.144. The van der Waals surface area contributed by atoms with Crippen molar-refractivity contribution in [1.29, 1.82) is 0 Å². The molecule has 0 aliphatic heterocycles. The van der Waals surface area contributed by atoms with Gasteiger partial charge in [-0.25, -0.2) is 0 Å². The van der Waals surface area contributed by atoms with Crippen molar-refractivity contribution in [3.05, 3.63) is 0 Å². The Kier molecular flexibility index (Phi) is 4.74. The summed E-state index contributed by atoms with van der Waals surface area (Å²) in [5.41, 5.74) is -0.834. The van der Waals surface area contributed by atoms with E-state index < -0.39 is 11.5 Å². The fourth-order valence-corrected chi connectivity index (χ4v) is 2.05. The van der Waals surface area contributed by atoms with Gasteiger partial charge in [0.15, 0.2) is 0 Å². The van der Waals surface area contributed by atoms with Gasteiger partial charge in [-0.05, 0) is 39.3 Å². The van der Waals surface area contributed by atoms with Gasteiger partial charge >= 0.3 is 5.97 Å². The van der Waals surface area contributed by atoms with Crippen LogP contribution in [0.1, 0.15) is 33.1 Å². The Morgan fingerprint density at radius 3 is 2.50 bits per heavy atom. The molecule has 1 aliphatic rings. The fraction of sp³-hybridized carbons (Fsp3) is 0.917. The normalized spacial score (nSPS) is 20.5. The molecule has 1 unspecified atom stereocenters. The lowest BCUT2D eigenvalue weighted by Crippen LogP contribution is -2.56. The molecule has 16 heavy (non-hydrogen) atoms. The Morgan fingerprint density at radius 1 is 1.56 bits per heavy atom. The molecule has 0 amide bonds. The molecule has 1 atom stereocenters. The van der Waals surface area contributed by atoms with Gasteiger partial charge in [-0.15, -0.1) is 0 Å². The Labute approximate surface area is 98.0 Å². The summed E-state index contributed by atoms with van der Waals surface area (Å²) < 4.78 is 0. The van der Waals surface area contributed by atoms with Gasteiger partial charge in [-0.2, -0.15) is 0 Å². The van der Waals surface area contributed by atoms with Gasteiger partial charge in [-0.3, -0.25) is 4.79 Å². The molecule has 2 N–H and O–H groups in total. The van der Waals surface area contributed by atoms with E-state index in [4.69, 9.17) is 0 Å². The van der Waals surface area contributed by atoms with Crippen LogP contribution < -0.4 is 5.32 Å². The summed E-state index contributed by atoms with van der Waals surface area (Å²) >= 11 is 0. The van der Waals surface area contributed by atoms with Crippen LogP contribution in [-0.4, -0.2) is 48.2 Å². The van der Waals surface area contributed by atoms with E-state index in [0.717, 1.165) is 19.0 Å². The molecule has 0 radical (unpaired) electrons. The number of nitrogens with zero attached hydrogens (tertiary/aromatic N) is 1. The Balaban J connectivity index is 2.49. The molecule has 1 fully saturated rings. The van der Waals surface area contributed by atoms with E-state index in [1.54, 1.807) is 14.0 Å². The van der Waals surface area contributed by atoms with Gasteiger partial charge in [0.25, 0.3) is 0 Å². The van der Waals surface area contributed by atoms with Crippen LogP contribution >= 0.6 is 0 Å². The van der Waals surface area contributed by atoms with Crippen LogP contribution in [0.4, 0.5) is 0 Å². The van der Waals surface area contributed by atoms with Gasteiger partial charge in [-0.1, -0.05) is 13.3 Å². The van der Waals surface area contributed by atoms with E-state index in [2.05, 4.69) is 17.1 Å². The van der Waals surface area contributed by atoms with Crippen LogP contribution in [0.2, 0.25) is 0 Å². The van der Waals surface area contributed by atoms with E-state index in [-0.39, 0.29) is 0 Å². The Hall–Kier alpha value is -0.610. The van der Waals surface area contributed by atoms with Crippen LogP contribution in [0.5, 0.6) is 0 Å². The second-order valence-electron chi connectivity index (χ2n) is 5.01. The molecule has 4 nitrogen and oxygen atoms in total. The molecule has 0 aromatic carbocycles. The van der Waals surface area contributed by atoms with Crippen molar-refractivity contribution in [3.8, 4) is 0 Å². The summed E-state index contributed by atoms with van der Waals surface area (Å²) in [6, 6.07) is 0. The van der Waals surface area contributed by atoms with Crippen LogP contribution in [-0.2, 0) is 4.79 Å². The number of carboxylic acid groups (broad SMARTS) is 1. The lowest BCUT2D eigenvalue weighted by Gasteiger charge is -2.36. The van der Waals surface area contributed by atoms with Gasteiger partial charge in [0, 0.05) is 13.1 Å². The van der Waals surface area contributed by atoms with E-state index in [9.17, 15) is 9.90 Å². The summed E-state index contributed by atoms with van der Waals surface area (Å²) in [6.07, 6.45) is 3.95. The molecule has 0 heterocycles. The zero-order chi connectivity index (χ0) is 12.2. The molecule has 0 bridgehead atoms. The van der Waals surface area contributed by atoms with Crippen LogP contribution in [0.3, 0.4) is 0 Å². The smallest absolute Gasteiger partial charge is 0.324 e. The van der Waals surface area contributed by atoms with Crippen molar-refractivity contribution in [2.45, 2.75) is 38.6 Å². The maximum atomic E-state index is 11.2. The van der Waals surface area contributed by atoms with E-state index in [1.165, 1.54) is 19.3 Å². The first-order chi connectivity index (χ1) is 7.51. The number of aliphatic carboxylic acids is 1. The van der Waals surface area contributed by atoms with Gasteiger partial charge < -0.3 is 15.3 Å². The molecule has 0 aromatic heterocycles. The van der Waals surface area contributed by atoms with E-state index in [1.807, 2.05) is 0 Å². The monoisotopic (exact) mass is 228 g/mol. The van der Waals surface area contributed by atoms with Crippen LogP contribution in [0.25, 0.3) is 0 Å². The number of carbonyl (C=O) groups is 1. The second-order valence-corrected chi connectivity index (χ2v) is 5.01. The Bertz CT molecular complexity index is 241. The van der Waals surface area contributed by atoms with Gasteiger partial charge in [0.05, 0.1) is 0 Å². The molecule has 1 aliphatic carbocycles. The summed E-state index contributed by atoms with van der Waals surface area (Å²) in [5.74, 6) is 0.0110. The minimum absolute atomic E-state index is 0.575. The van der Waals surface area contributed by atoms with Crippen molar-refractivity contribution >= 4 is 5.97 Å². The number of hydrogen-bond acceptors (Lipinski definition) is 3. The third-order valence-corrected chi connectivity index (χ3v) is 3.75. The predicted molar refractivity (Wildman–Crippen MR) is 64.6 cm³/mol. The minimum atomic E-state index is -0.834. The molecular formula is C12H24N2O2. The highest BCUT2D eigenvalue weighted by molar-refractivity contribution is 5.78. The molecule has 94 valence electrons. The predicted octanol–water partition coefficient (Wildman–Crippen LogP) is 1.17. The average molecular weight is 228 g/mol. The number of carboxylic acids is 1. The number of hydrogen-bond donors (Lipinski definition) is 2. The number of rotatable bonds is 7. The van der Waals surface area contributed by atoms with Crippen molar-refractivity contribution in [1.82, 2.24) is 10.2 Å². The minimum Gasteiger partial charge on any atom is -0.480 e. The number of nitrogens with one attached hydrogen (secondary N) is 1. The maximum Gasteiger partial charge on any atom is 0.324 e. The SMILES string of the molecule is CCN(CC1CCC1)CC(C)(NC)C(=O)O. The highest BCUT2D eigenvalue weighted by Crippen LogP contribution is 2.27. The van der Waals surface area contributed by atoms with Gasteiger partial charge in [0.1, 0.15) is 5.54 Å².